The fourth-order valence-electron chi connectivity index (χ4n) is 2.85. The highest BCUT2D eigenvalue weighted by Crippen LogP contribution is 2.36. The van der Waals surface area contributed by atoms with E-state index in [2.05, 4.69) is 42.1 Å². The van der Waals surface area contributed by atoms with Crippen molar-refractivity contribution < 1.29 is 4.43 Å². The summed E-state index contributed by atoms with van der Waals surface area (Å²) in [6.07, 6.45) is 4.42. The lowest BCUT2D eigenvalue weighted by atomic mass is 10.1. The van der Waals surface area contributed by atoms with Gasteiger partial charge in [0.1, 0.15) is 0 Å². The monoisotopic (exact) mass is 335 g/mol. The number of hydrogen-bond acceptors (Lipinski definition) is 5. The number of nitrogens with two attached hydrogens (primary N) is 1. The van der Waals surface area contributed by atoms with Gasteiger partial charge in [-0.25, -0.2) is 0 Å². The summed E-state index contributed by atoms with van der Waals surface area (Å²) < 4.78 is 7.42. The first kappa shape index (κ1) is 15.8. The number of pyridine rings is 1. The number of piperidine rings is 1. The minimum Gasteiger partial charge on any atom is -0.420 e. The molecule has 1 aliphatic heterocycles. The van der Waals surface area contributed by atoms with Crippen molar-refractivity contribution in [1.29, 1.82) is 0 Å². The molecule has 0 saturated carbocycles. The van der Waals surface area contributed by atoms with Crippen LogP contribution in [-0.2, 0) is 4.43 Å². The molecule has 1 saturated heterocycles. The molecular weight excluding hydrogens is 310 g/mol. The normalized spacial score (nSPS) is 17.9. The minimum atomic E-state index is -0.459. The maximum atomic E-state index is 6.21. The van der Waals surface area contributed by atoms with Crippen molar-refractivity contribution in [3.05, 3.63) is 17.6 Å². The molecular formula is C16H25N3OSSi. The first-order chi connectivity index (χ1) is 10.4. The molecule has 3 rings (SSSR count). The molecule has 0 bridgehead atoms. The van der Waals surface area contributed by atoms with E-state index in [4.69, 9.17) is 10.2 Å². The number of nitrogen functional groups attached to an aromatic ring is 1. The summed E-state index contributed by atoms with van der Waals surface area (Å²) in [5, 5.41) is 2.46. The maximum absolute atomic E-state index is 6.21. The van der Waals surface area contributed by atoms with Gasteiger partial charge in [0.05, 0.1) is 27.8 Å². The zero-order valence-corrected chi connectivity index (χ0v) is 15.9. The van der Waals surface area contributed by atoms with E-state index >= 15 is 0 Å². The Morgan fingerprint density at radius 3 is 2.77 bits per heavy atom. The molecule has 2 N–H and O–H groups in total. The van der Waals surface area contributed by atoms with Gasteiger partial charge in [0.2, 0.25) is 0 Å². The minimum absolute atomic E-state index is 0.371. The third kappa shape index (κ3) is 3.44. The molecule has 4 nitrogen and oxygen atoms in total. The number of fused-ring (bicyclic) bond motifs is 1. The molecule has 0 radical (unpaired) electrons. The van der Waals surface area contributed by atoms with Gasteiger partial charge in [-0.15, -0.1) is 11.3 Å². The van der Waals surface area contributed by atoms with Crippen molar-refractivity contribution in [2.45, 2.75) is 44.8 Å². The summed E-state index contributed by atoms with van der Waals surface area (Å²) in [7, 11) is -0.459. The van der Waals surface area contributed by atoms with Crippen molar-refractivity contribution >= 4 is 42.7 Å². The summed E-state index contributed by atoms with van der Waals surface area (Å²) in [5.41, 5.74) is 9.22. The molecule has 120 valence electrons. The Balaban J connectivity index is 1.68. The van der Waals surface area contributed by atoms with Crippen LogP contribution in [0.5, 0.6) is 0 Å². The van der Waals surface area contributed by atoms with Crippen LogP contribution in [-0.4, -0.2) is 33.9 Å². The average molecular weight is 336 g/mol. The summed E-state index contributed by atoms with van der Waals surface area (Å²) in [4.78, 5) is 6.82. The second-order valence-electron chi connectivity index (χ2n) is 7.26. The average Bonchev–Trinajstić information content (AvgIpc) is 2.93. The van der Waals surface area contributed by atoms with Crippen LogP contribution in [0.4, 0.5) is 11.4 Å². The van der Waals surface area contributed by atoms with Gasteiger partial charge in [0.25, 0.3) is 0 Å². The second kappa shape index (κ2) is 6.18. The largest absolute Gasteiger partial charge is 0.420 e. The molecule has 22 heavy (non-hydrogen) atoms. The lowest BCUT2D eigenvalue weighted by molar-refractivity contribution is 0.172. The van der Waals surface area contributed by atoms with Gasteiger partial charge >= 0.3 is 0 Å². The standard InChI is InChI=1S/C16H25N3OSSi/c1-16(2,3)22-20-11-4-7-19(8-5-11)14-12(17)10-18-13-6-9-21-15(13)14/h6,9-11H,4-5,7-8,17,22H2,1-3H3. The number of hydrogen-bond donors (Lipinski definition) is 1. The smallest absolute Gasteiger partial charge is 0.167 e. The van der Waals surface area contributed by atoms with E-state index in [0.29, 0.717) is 11.1 Å². The van der Waals surface area contributed by atoms with Crippen LogP contribution in [0.2, 0.25) is 5.04 Å². The fraction of sp³-hybridized carbons (Fsp3) is 0.562. The molecule has 1 fully saturated rings. The molecule has 0 atom stereocenters. The van der Waals surface area contributed by atoms with E-state index in [-0.39, 0.29) is 0 Å². The van der Waals surface area contributed by atoms with E-state index in [0.717, 1.165) is 37.1 Å². The lowest BCUT2D eigenvalue weighted by Crippen LogP contribution is -2.38. The van der Waals surface area contributed by atoms with Crippen LogP contribution in [0.1, 0.15) is 33.6 Å². The van der Waals surface area contributed by atoms with Gasteiger partial charge in [-0.05, 0) is 29.3 Å². The third-order valence-electron chi connectivity index (χ3n) is 3.99. The predicted octanol–water partition coefficient (Wildman–Crippen LogP) is 3.17. The molecule has 0 aromatic carbocycles. The van der Waals surface area contributed by atoms with Crippen molar-refractivity contribution in [3.8, 4) is 0 Å². The number of thiophene rings is 1. The Labute approximate surface area is 138 Å². The number of anilines is 2. The SMILES string of the molecule is CC(C)(C)[SiH2]OC1CCN(c2c(N)cnc3ccsc23)CC1. The molecule has 0 unspecified atom stereocenters. The fourth-order valence-corrected chi connectivity index (χ4v) is 4.85. The van der Waals surface area contributed by atoms with Crippen LogP contribution in [0.15, 0.2) is 17.6 Å². The summed E-state index contributed by atoms with van der Waals surface area (Å²) in [6, 6.07) is 2.06. The third-order valence-corrected chi connectivity index (χ3v) is 6.40. The van der Waals surface area contributed by atoms with Gasteiger partial charge in [0.15, 0.2) is 9.76 Å². The van der Waals surface area contributed by atoms with Crippen molar-refractivity contribution in [1.82, 2.24) is 4.98 Å². The summed E-state index contributed by atoms with van der Waals surface area (Å²) in [6.45, 7) is 8.87. The van der Waals surface area contributed by atoms with E-state index < -0.39 is 9.76 Å². The van der Waals surface area contributed by atoms with E-state index in [1.54, 1.807) is 17.5 Å². The number of rotatable bonds is 3. The highest BCUT2D eigenvalue weighted by molar-refractivity contribution is 7.17. The first-order valence-corrected chi connectivity index (χ1v) is 10.1. The Morgan fingerprint density at radius 2 is 2.09 bits per heavy atom. The van der Waals surface area contributed by atoms with Gasteiger partial charge in [-0.2, -0.15) is 0 Å². The van der Waals surface area contributed by atoms with Crippen LogP contribution < -0.4 is 10.6 Å². The number of nitrogens with zero attached hydrogens (tertiary/aromatic N) is 2. The molecule has 1 aliphatic rings. The maximum Gasteiger partial charge on any atom is 0.167 e. The summed E-state index contributed by atoms with van der Waals surface area (Å²) >= 11 is 1.73. The topological polar surface area (TPSA) is 51.4 Å². The van der Waals surface area contributed by atoms with Crippen LogP contribution in [0, 0.1) is 0 Å². The molecule has 0 spiro atoms. The molecule has 6 heteroatoms. The van der Waals surface area contributed by atoms with Gasteiger partial charge < -0.3 is 15.1 Å². The van der Waals surface area contributed by atoms with Gasteiger partial charge in [0, 0.05) is 19.2 Å². The van der Waals surface area contributed by atoms with Gasteiger partial charge in [-0.3, -0.25) is 4.98 Å². The lowest BCUT2D eigenvalue weighted by Gasteiger charge is -2.35. The zero-order chi connectivity index (χ0) is 15.7. The molecule has 2 aromatic heterocycles. The Morgan fingerprint density at radius 1 is 1.36 bits per heavy atom. The Bertz CT molecular complexity index is 644. The van der Waals surface area contributed by atoms with Crippen LogP contribution in [0.25, 0.3) is 10.2 Å². The number of aromatic nitrogens is 1. The predicted molar refractivity (Wildman–Crippen MR) is 98.6 cm³/mol. The molecule has 0 aliphatic carbocycles. The van der Waals surface area contributed by atoms with Crippen molar-refractivity contribution in [3.63, 3.8) is 0 Å². The quantitative estimate of drug-likeness (QED) is 0.875. The van der Waals surface area contributed by atoms with Crippen molar-refractivity contribution in [2.75, 3.05) is 23.7 Å². The van der Waals surface area contributed by atoms with E-state index in [9.17, 15) is 0 Å². The van der Waals surface area contributed by atoms with Gasteiger partial charge in [-0.1, -0.05) is 20.8 Å². The second-order valence-corrected chi connectivity index (χ2v) is 10.9. The molecule has 2 aromatic rings. The molecule has 3 heterocycles. The highest BCUT2D eigenvalue weighted by atomic mass is 32.1. The zero-order valence-electron chi connectivity index (χ0n) is 13.6. The summed E-state index contributed by atoms with van der Waals surface area (Å²) in [5.74, 6) is 0. The van der Waals surface area contributed by atoms with Crippen LogP contribution in [0.3, 0.4) is 0 Å². The Hall–Kier alpha value is -1.11. The Kier molecular flexibility index (Phi) is 4.43. The van der Waals surface area contributed by atoms with E-state index in [1.165, 1.54) is 10.4 Å². The first-order valence-electron chi connectivity index (χ1n) is 7.92. The van der Waals surface area contributed by atoms with E-state index in [1.807, 2.05) is 0 Å². The molecule has 0 amide bonds. The van der Waals surface area contributed by atoms with Crippen LogP contribution >= 0.6 is 11.3 Å². The van der Waals surface area contributed by atoms with Crippen molar-refractivity contribution in [2.24, 2.45) is 0 Å². The highest BCUT2D eigenvalue weighted by Gasteiger charge is 2.24.